The quantitative estimate of drug-likeness (QED) is 0.930. The molecule has 1 saturated carbocycles. The van der Waals surface area contributed by atoms with Crippen molar-refractivity contribution in [1.82, 2.24) is 19.7 Å². The summed E-state index contributed by atoms with van der Waals surface area (Å²) < 4.78 is 2.00. The van der Waals surface area contributed by atoms with Gasteiger partial charge in [-0.25, -0.2) is 4.68 Å². The summed E-state index contributed by atoms with van der Waals surface area (Å²) in [5, 5.41) is 7.41. The number of anilines is 1. The van der Waals surface area contributed by atoms with Crippen molar-refractivity contribution in [3.05, 3.63) is 41.2 Å². The molecule has 1 atom stereocenters. The molecule has 0 radical (unpaired) electrons. The van der Waals surface area contributed by atoms with Gasteiger partial charge in [0, 0.05) is 31.5 Å². The minimum atomic E-state index is 0.0761. The zero-order valence-electron chi connectivity index (χ0n) is 14.3. The molecule has 2 aliphatic heterocycles. The van der Waals surface area contributed by atoms with Crippen LogP contribution in [0.3, 0.4) is 0 Å². The number of aryl methyl sites for hydroxylation is 1. The first-order valence-corrected chi connectivity index (χ1v) is 9.32. The number of carbonyl (C=O) groups excluding carboxylic acids is 1. The molecule has 25 heavy (non-hydrogen) atoms. The molecule has 3 heterocycles. The standard InChI is InChI=1S/C19H23N5O/c25-18(14-5-6-14)21-19-20-17-8-7-16(12-24(17)22-19)23-10-9-13-3-1-2-4-15(13)11-23/h1-4,14,16H,5-12H2,(H,21,22,25). The average Bonchev–Trinajstić information content (AvgIpc) is 3.41. The van der Waals surface area contributed by atoms with Gasteiger partial charge in [-0.1, -0.05) is 24.3 Å². The summed E-state index contributed by atoms with van der Waals surface area (Å²) in [6.07, 6.45) is 5.15. The van der Waals surface area contributed by atoms with Crippen LogP contribution >= 0.6 is 0 Å². The molecule has 6 nitrogen and oxygen atoms in total. The van der Waals surface area contributed by atoms with Crippen LogP contribution in [0.5, 0.6) is 0 Å². The van der Waals surface area contributed by atoms with E-state index in [-0.39, 0.29) is 11.8 Å². The van der Waals surface area contributed by atoms with E-state index >= 15 is 0 Å². The molecule has 0 saturated heterocycles. The molecule has 1 aromatic heterocycles. The van der Waals surface area contributed by atoms with Gasteiger partial charge in [0.25, 0.3) is 0 Å². The summed E-state index contributed by atoms with van der Waals surface area (Å²) >= 11 is 0. The van der Waals surface area contributed by atoms with Gasteiger partial charge < -0.3 is 0 Å². The van der Waals surface area contributed by atoms with Gasteiger partial charge >= 0.3 is 0 Å². The highest BCUT2D eigenvalue weighted by Gasteiger charge is 2.32. The van der Waals surface area contributed by atoms with E-state index in [0.29, 0.717) is 12.0 Å². The van der Waals surface area contributed by atoms with Gasteiger partial charge in [-0.2, -0.15) is 4.98 Å². The van der Waals surface area contributed by atoms with Crippen LogP contribution in [0.15, 0.2) is 24.3 Å². The van der Waals surface area contributed by atoms with Gasteiger partial charge in [0.05, 0.1) is 6.54 Å². The highest BCUT2D eigenvalue weighted by Crippen LogP contribution is 2.30. The zero-order valence-corrected chi connectivity index (χ0v) is 14.3. The van der Waals surface area contributed by atoms with E-state index in [1.807, 2.05) is 4.68 Å². The number of hydrogen-bond acceptors (Lipinski definition) is 4. The Labute approximate surface area is 147 Å². The third-order valence-electron chi connectivity index (χ3n) is 5.69. The summed E-state index contributed by atoms with van der Waals surface area (Å²) in [5.41, 5.74) is 2.94. The fraction of sp³-hybridized carbons (Fsp3) is 0.526. The molecule has 1 N–H and O–H groups in total. The van der Waals surface area contributed by atoms with E-state index in [1.165, 1.54) is 11.1 Å². The van der Waals surface area contributed by atoms with Crippen LogP contribution < -0.4 is 5.32 Å². The van der Waals surface area contributed by atoms with Crippen molar-refractivity contribution in [3.63, 3.8) is 0 Å². The second-order valence-electron chi connectivity index (χ2n) is 7.48. The lowest BCUT2D eigenvalue weighted by atomic mass is 9.96. The van der Waals surface area contributed by atoms with Crippen molar-refractivity contribution < 1.29 is 4.79 Å². The predicted molar refractivity (Wildman–Crippen MR) is 94.0 cm³/mol. The number of nitrogens with zero attached hydrogens (tertiary/aromatic N) is 4. The predicted octanol–water partition coefficient (Wildman–Crippen LogP) is 2.00. The Morgan fingerprint density at radius 3 is 2.80 bits per heavy atom. The summed E-state index contributed by atoms with van der Waals surface area (Å²) in [4.78, 5) is 19.0. The number of nitrogens with one attached hydrogen (secondary N) is 1. The van der Waals surface area contributed by atoms with Crippen molar-refractivity contribution in [2.24, 2.45) is 5.92 Å². The normalized spacial score (nSPS) is 23.0. The monoisotopic (exact) mass is 337 g/mol. The van der Waals surface area contributed by atoms with Crippen molar-refractivity contribution in [3.8, 4) is 0 Å². The third-order valence-corrected chi connectivity index (χ3v) is 5.69. The molecule has 1 aliphatic carbocycles. The Morgan fingerprint density at radius 1 is 1.12 bits per heavy atom. The minimum Gasteiger partial charge on any atom is -0.294 e. The summed E-state index contributed by atoms with van der Waals surface area (Å²) in [7, 11) is 0. The maximum absolute atomic E-state index is 11.9. The van der Waals surface area contributed by atoms with Crippen LogP contribution in [-0.2, 0) is 30.7 Å². The number of fused-ring (bicyclic) bond motifs is 2. The Kier molecular flexibility index (Phi) is 3.59. The lowest BCUT2D eigenvalue weighted by Gasteiger charge is -2.37. The van der Waals surface area contributed by atoms with Crippen LogP contribution in [0, 0.1) is 5.92 Å². The maximum atomic E-state index is 11.9. The Morgan fingerprint density at radius 2 is 1.96 bits per heavy atom. The molecule has 6 heteroatoms. The molecule has 0 bridgehead atoms. The van der Waals surface area contributed by atoms with Gasteiger partial charge in [-0.3, -0.25) is 15.0 Å². The van der Waals surface area contributed by atoms with Crippen molar-refractivity contribution in [2.45, 2.75) is 51.2 Å². The molecule has 1 unspecified atom stereocenters. The molecule has 0 spiro atoms. The van der Waals surface area contributed by atoms with Crippen LogP contribution in [0.4, 0.5) is 5.95 Å². The van der Waals surface area contributed by atoms with Crippen molar-refractivity contribution in [2.75, 3.05) is 11.9 Å². The molecule has 130 valence electrons. The summed E-state index contributed by atoms with van der Waals surface area (Å²) in [5.74, 6) is 1.74. The minimum absolute atomic E-state index is 0.0761. The molecular weight excluding hydrogens is 314 g/mol. The summed E-state index contributed by atoms with van der Waals surface area (Å²) in [6.45, 7) is 3.00. The molecule has 3 aliphatic rings. The molecule has 5 rings (SSSR count). The number of carbonyl (C=O) groups is 1. The molecule has 1 fully saturated rings. The topological polar surface area (TPSA) is 63.1 Å². The number of aromatic nitrogens is 3. The first kappa shape index (κ1) is 15.1. The number of benzene rings is 1. The molecule has 2 aromatic rings. The van der Waals surface area contributed by atoms with E-state index in [1.54, 1.807) is 0 Å². The van der Waals surface area contributed by atoms with Gasteiger partial charge in [0.15, 0.2) is 0 Å². The number of hydrogen-bond donors (Lipinski definition) is 1. The fourth-order valence-electron chi connectivity index (χ4n) is 4.03. The van der Waals surface area contributed by atoms with Crippen LogP contribution in [0.25, 0.3) is 0 Å². The van der Waals surface area contributed by atoms with Crippen molar-refractivity contribution in [1.29, 1.82) is 0 Å². The Balaban J connectivity index is 1.28. The van der Waals surface area contributed by atoms with Crippen LogP contribution in [-0.4, -0.2) is 38.2 Å². The van der Waals surface area contributed by atoms with E-state index < -0.39 is 0 Å². The highest BCUT2D eigenvalue weighted by atomic mass is 16.2. The highest BCUT2D eigenvalue weighted by molar-refractivity contribution is 5.92. The van der Waals surface area contributed by atoms with Gasteiger partial charge in [0.1, 0.15) is 5.82 Å². The van der Waals surface area contributed by atoms with Gasteiger partial charge in [-0.05, 0) is 36.8 Å². The number of amides is 1. The summed E-state index contributed by atoms with van der Waals surface area (Å²) in [6, 6.07) is 9.26. The van der Waals surface area contributed by atoms with Crippen LogP contribution in [0.2, 0.25) is 0 Å². The second-order valence-corrected chi connectivity index (χ2v) is 7.48. The second kappa shape index (κ2) is 5.95. The number of rotatable bonds is 3. The third kappa shape index (κ3) is 2.95. The van der Waals surface area contributed by atoms with E-state index in [2.05, 4.69) is 44.6 Å². The average molecular weight is 337 g/mol. The zero-order chi connectivity index (χ0) is 16.8. The van der Waals surface area contributed by atoms with Gasteiger partial charge in [0.2, 0.25) is 11.9 Å². The van der Waals surface area contributed by atoms with E-state index in [4.69, 9.17) is 0 Å². The lowest BCUT2D eigenvalue weighted by molar-refractivity contribution is -0.117. The Hall–Kier alpha value is -2.21. The van der Waals surface area contributed by atoms with Crippen molar-refractivity contribution >= 4 is 11.9 Å². The first-order chi connectivity index (χ1) is 12.3. The van der Waals surface area contributed by atoms with Crippen LogP contribution in [0.1, 0.15) is 36.2 Å². The fourth-order valence-corrected chi connectivity index (χ4v) is 4.03. The SMILES string of the molecule is O=C(Nc1nc2n(n1)CC(N1CCc3ccccc3C1)CC2)C1CC1. The molecular formula is C19H23N5O. The molecule has 1 amide bonds. The van der Waals surface area contributed by atoms with E-state index in [9.17, 15) is 4.79 Å². The largest absolute Gasteiger partial charge is 0.294 e. The maximum Gasteiger partial charge on any atom is 0.248 e. The molecule has 1 aromatic carbocycles. The first-order valence-electron chi connectivity index (χ1n) is 9.32. The van der Waals surface area contributed by atoms with E-state index in [0.717, 1.165) is 57.6 Å². The lowest BCUT2D eigenvalue weighted by Crippen LogP contribution is -2.44. The Bertz CT molecular complexity index is 810. The van der Waals surface area contributed by atoms with Gasteiger partial charge in [-0.15, -0.1) is 5.10 Å². The smallest absolute Gasteiger partial charge is 0.248 e.